The number of hydrogen-bond acceptors (Lipinski definition) is 11. The monoisotopic (exact) mass is 632 g/mol. The number of benzene rings is 2. The van der Waals surface area contributed by atoms with E-state index in [0.29, 0.717) is 56.4 Å². The molecule has 13 heteroatoms. The molecule has 4 N–H and O–H groups in total. The first-order chi connectivity index (χ1) is 21.8. The lowest BCUT2D eigenvalue weighted by Crippen LogP contribution is -2.47. The molecule has 1 fully saturated rings. The van der Waals surface area contributed by atoms with E-state index in [1.165, 1.54) is 25.9 Å². The third-order valence-electron chi connectivity index (χ3n) is 7.88. The van der Waals surface area contributed by atoms with Gasteiger partial charge in [0.25, 0.3) is 11.5 Å². The lowest BCUT2D eigenvalue weighted by Gasteiger charge is -2.28. The topological polar surface area (TPSA) is 153 Å². The molecule has 2 aliphatic heterocycles. The van der Waals surface area contributed by atoms with Crippen LogP contribution in [0.15, 0.2) is 46.8 Å². The summed E-state index contributed by atoms with van der Waals surface area (Å²) in [6.07, 6.45) is 1.70. The van der Waals surface area contributed by atoms with Gasteiger partial charge in [-0.3, -0.25) is 19.1 Å². The number of hydrogen-bond donors (Lipinski definition) is 3. The summed E-state index contributed by atoms with van der Waals surface area (Å²) in [5, 5.41) is 16.7. The molecule has 5 rings (SSSR count). The highest BCUT2D eigenvalue weighted by molar-refractivity contribution is 7.07. The molecule has 236 valence electrons. The largest absolute Gasteiger partial charge is 0.493 e. The molecule has 3 aromatic rings. The molecule has 2 aliphatic rings. The summed E-state index contributed by atoms with van der Waals surface area (Å²) in [5.41, 5.74) is 7.75. The van der Waals surface area contributed by atoms with Crippen LogP contribution in [0.2, 0.25) is 0 Å². The minimum absolute atomic E-state index is 0.0298. The van der Waals surface area contributed by atoms with Crippen LogP contribution < -0.4 is 50.1 Å². The molecule has 0 bridgehead atoms. The number of methoxy groups -OCH3 is 4. The van der Waals surface area contributed by atoms with Crippen molar-refractivity contribution in [3.05, 3.63) is 72.6 Å². The molecule has 1 amide bonds. The van der Waals surface area contributed by atoms with Crippen LogP contribution in [-0.2, 0) is 4.79 Å². The first-order valence-corrected chi connectivity index (χ1v) is 15.2. The molecule has 1 unspecified atom stereocenters. The second kappa shape index (κ2) is 13.9. The second-order valence-electron chi connectivity index (χ2n) is 10.4. The molecule has 1 atom stereocenters. The van der Waals surface area contributed by atoms with Gasteiger partial charge in [0, 0.05) is 39.3 Å². The number of amides is 1. The Morgan fingerprint density at radius 1 is 1.04 bits per heavy atom. The lowest BCUT2D eigenvalue weighted by molar-refractivity contribution is -0.116. The third-order valence-corrected chi connectivity index (χ3v) is 8.99. The van der Waals surface area contributed by atoms with Gasteiger partial charge in [0.15, 0.2) is 23.0 Å². The van der Waals surface area contributed by atoms with Crippen LogP contribution in [-0.4, -0.2) is 83.1 Å². The molecule has 0 radical (unpaired) electrons. The molecule has 1 aromatic heterocycles. The number of carbonyl (C=O) groups excluding carboxylic acids is 1. The van der Waals surface area contributed by atoms with Crippen molar-refractivity contribution in [1.29, 1.82) is 5.26 Å². The zero-order valence-corrected chi connectivity index (χ0v) is 26.5. The Kier molecular flexibility index (Phi) is 9.77. The SMILES string of the molecule is COc1ccc(/C=c2\sc3n(c2=O)C(N)=C(C#N)C(c2ccc(OC)c(OC)c2)C=3C(=O)NCCN2CCNCC2)cc1OC. The van der Waals surface area contributed by atoms with Crippen LogP contribution in [0.5, 0.6) is 23.0 Å². The molecule has 3 heterocycles. The Hall–Kier alpha value is -4.77. The number of ether oxygens (including phenoxy) is 4. The Morgan fingerprint density at radius 2 is 1.69 bits per heavy atom. The van der Waals surface area contributed by atoms with Crippen molar-refractivity contribution in [2.45, 2.75) is 5.92 Å². The van der Waals surface area contributed by atoms with Crippen molar-refractivity contribution in [3.63, 3.8) is 0 Å². The van der Waals surface area contributed by atoms with E-state index in [1.54, 1.807) is 49.6 Å². The summed E-state index contributed by atoms with van der Waals surface area (Å²) in [4.78, 5) is 30.2. The Morgan fingerprint density at radius 3 is 2.33 bits per heavy atom. The molecule has 45 heavy (non-hydrogen) atoms. The molecular weight excluding hydrogens is 596 g/mol. The van der Waals surface area contributed by atoms with E-state index in [2.05, 4.69) is 21.6 Å². The highest BCUT2D eigenvalue weighted by Crippen LogP contribution is 2.39. The fourth-order valence-electron chi connectivity index (χ4n) is 5.58. The maximum atomic E-state index is 14.1. The quantitative estimate of drug-likeness (QED) is 0.286. The zero-order valence-electron chi connectivity index (χ0n) is 25.6. The van der Waals surface area contributed by atoms with Gasteiger partial charge in [0.1, 0.15) is 10.5 Å². The maximum Gasteiger partial charge on any atom is 0.274 e. The number of nitrogens with one attached hydrogen (secondary N) is 2. The molecule has 0 aliphatic carbocycles. The summed E-state index contributed by atoms with van der Waals surface area (Å²) >= 11 is 1.14. The van der Waals surface area contributed by atoms with Gasteiger partial charge in [-0.15, -0.1) is 11.3 Å². The van der Waals surface area contributed by atoms with Crippen LogP contribution in [0.25, 0.3) is 17.5 Å². The highest BCUT2D eigenvalue weighted by Gasteiger charge is 2.36. The average molecular weight is 633 g/mol. The van der Waals surface area contributed by atoms with Gasteiger partial charge in [-0.05, 0) is 41.5 Å². The number of fused-ring (bicyclic) bond motifs is 1. The van der Waals surface area contributed by atoms with Crippen molar-refractivity contribution >= 4 is 34.7 Å². The van der Waals surface area contributed by atoms with Crippen molar-refractivity contribution in [1.82, 2.24) is 20.1 Å². The maximum absolute atomic E-state index is 14.1. The van der Waals surface area contributed by atoms with Crippen LogP contribution in [0.1, 0.15) is 17.0 Å². The smallest absolute Gasteiger partial charge is 0.274 e. The minimum atomic E-state index is -0.860. The fraction of sp³-hybridized carbons (Fsp3) is 0.344. The number of nitrogens with two attached hydrogens (primary N) is 1. The van der Waals surface area contributed by atoms with Gasteiger partial charge in [0.2, 0.25) is 0 Å². The summed E-state index contributed by atoms with van der Waals surface area (Å²) in [7, 11) is 6.12. The molecule has 2 aromatic carbocycles. The zero-order chi connectivity index (χ0) is 32.1. The summed E-state index contributed by atoms with van der Waals surface area (Å²) in [6.45, 7) is 4.62. The average Bonchev–Trinajstić information content (AvgIpc) is 3.39. The molecule has 1 saturated heterocycles. The van der Waals surface area contributed by atoms with E-state index < -0.39 is 17.4 Å². The van der Waals surface area contributed by atoms with Gasteiger partial charge in [-0.1, -0.05) is 12.1 Å². The molecular formula is C32H36N6O6S. The predicted octanol–water partition coefficient (Wildman–Crippen LogP) is 0.393. The predicted molar refractivity (Wildman–Crippen MR) is 172 cm³/mol. The summed E-state index contributed by atoms with van der Waals surface area (Å²) in [5.74, 6) is 0.698. The first-order valence-electron chi connectivity index (χ1n) is 14.4. The van der Waals surface area contributed by atoms with E-state index >= 15 is 0 Å². The van der Waals surface area contributed by atoms with Crippen LogP contribution in [0.3, 0.4) is 0 Å². The van der Waals surface area contributed by atoms with Crippen LogP contribution >= 0.6 is 11.3 Å². The highest BCUT2D eigenvalue weighted by atomic mass is 32.1. The van der Waals surface area contributed by atoms with Crippen molar-refractivity contribution in [3.8, 4) is 29.1 Å². The van der Waals surface area contributed by atoms with E-state index in [0.717, 1.165) is 37.5 Å². The summed E-state index contributed by atoms with van der Waals surface area (Å²) < 4.78 is 23.7. The lowest BCUT2D eigenvalue weighted by atomic mass is 9.83. The van der Waals surface area contributed by atoms with Crippen molar-refractivity contribution < 1.29 is 23.7 Å². The molecule has 0 spiro atoms. The standard InChI is InChI=1S/C32H36N6O6S/c1-41-22-7-5-19(15-24(22)43-3)16-26-31(40)38-29(34)21(18-33)27(20-6-8-23(42-2)25(17-20)44-4)28(32(38)45-26)30(39)36-11-14-37-12-9-35-10-13-37/h5-8,15-17,27,35H,9-14,34H2,1-4H3,(H,36,39)/b26-16-. The second-order valence-corrected chi connectivity index (χ2v) is 11.4. The number of carbonyl (C=O) groups is 1. The van der Waals surface area contributed by atoms with E-state index in [-0.39, 0.29) is 17.0 Å². The van der Waals surface area contributed by atoms with Crippen LogP contribution in [0.4, 0.5) is 0 Å². The van der Waals surface area contributed by atoms with E-state index in [9.17, 15) is 14.9 Å². The Balaban J connectivity index is 1.69. The van der Waals surface area contributed by atoms with Crippen molar-refractivity contribution in [2.75, 3.05) is 67.7 Å². The third kappa shape index (κ3) is 6.26. The number of nitriles is 1. The number of allylic oxidation sites excluding steroid dienone is 1. The Labute approximate surface area is 264 Å². The van der Waals surface area contributed by atoms with E-state index in [4.69, 9.17) is 24.7 Å². The van der Waals surface area contributed by atoms with Gasteiger partial charge in [-0.25, -0.2) is 0 Å². The van der Waals surface area contributed by atoms with Gasteiger partial charge >= 0.3 is 0 Å². The number of rotatable bonds is 10. The van der Waals surface area contributed by atoms with E-state index in [1.807, 2.05) is 0 Å². The number of thiazole rings is 1. The fourth-order valence-corrected chi connectivity index (χ4v) is 6.76. The molecule has 0 saturated carbocycles. The molecule has 12 nitrogen and oxygen atoms in total. The minimum Gasteiger partial charge on any atom is -0.493 e. The first kappa shape index (κ1) is 31.6. The van der Waals surface area contributed by atoms with Crippen molar-refractivity contribution in [2.24, 2.45) is 5.73 Å². The summed E-state index contributed by atoms with van der Waals surface area (Å²) in [6, 6.07) is 12.7. The normalized spacial score (nSPS) is 17.0. The van der Waals surface area contributed by atoms with Gasteiger partial charge < -0.3 is 35.3 Å². The number of aromatic nitrogens is 1. The van der Waals surface area contributed by atoms with Crippen LogP contribution in [0, 0.1) is 11.3 Å². The van der Waals surface area contributed by atoms with Gasteiger partial charge in [0.05, 0.1) is 56.1 Å². The van der Waals surface area contributed by atoms with Gasteiger partial charge in [-0.2, -0.15) is 5.26 Å². The number of nitrogens with zero attached hydrogens (tertiary/aromatic N) is 3. The Bertz CT molecular complexity index is 1850. The number of piperazine rings is 1.